The molecule has 1 saturated heterocycles. The fourth-order valence-corrected chi connectivity index (χ4v) is 4.73. The number of hydrogen-bond acceptors (Lipinski definition) is 8. The van der Waals surface area contributed by atoms with Crippen molar-refractivity contribution in [1.29, 1.82) is 0 Å². The predicted molar refractivity (Wildman–Crippen MR) is 133 cm³/mol. The van der Waals surface area contributed by atoms with E-state index in [9.17, 15) is 34.8 Å². The zero-order chi connectivity index (χ0) is 27.1. The first kappa shape index (κ1) is 26.5. The summed E-state index contributed by atoms with van der Waals surface area (Å²) >= 11 is 0. The van der Waals surface area contributed by atoms with Crippen molar-refractivity contribution in [3.8, 4) is 0 Å². The fourth-order valence-electron chi connectivity index (χ4n) is 4.73. The van der Waals surface area contributed by atoms with Crippen molar-refractivity contribution in [3.63, 3.8) is 0 Å². The minimum atomic E-state index is -3.16. The molecule has 4 rings (SSSR count). The largest absolute Gasteiger partial charge is 0.383 e. The van der Waals surface area contributed by atoms with Crippen LogP contribution in [0.2, 0.25) is 0 Å². The third kappa shape index (κ3) is 4.22. The molecule has 0 aromatic heterocycles. The number of benzene rings is 3. The van der Waals surface area contributed by atoms with Crippen LogP contribution in [0.5, 0.6) is 0 Å². The van der Waals surface area contributed by atoms with Gasteiger partial charge in [0, 0.05) is 11.1 Å². The summed E-state index contributed by atoms with van der Waals surface area (Å²) in [4.78, 5) is 40.7. The molecular formula is C29H28O8. The first-order chi connectivity index (χ1) is 17.4. The molecule has 1 heterocycles. The van der Waals surface area contributed by atoms with Crippen molar-refractivity contribution in [2.45, 2.75) is 50.5 Å². The van der Waals surface area contributed by atoms with Gasteiger partial charge in [0.05, 0.1) is 0 Å². The average Bonchev–Trinajstić information content (AvgIpc) is 3.10. The molecule has 0 amide bonds. The van der Waals surface area contributed by atoms with E-state index in [-0.39, 0.29) is 16.7 Å². The molecule has 1 aliphatic rings. The summed E-state index contributed by atoms with van der Waals surface area (Å²) in [5.74, 6) is -6.65. The molecule has 0 spiro atoms. The maximum atomic E-state index is 13.7. The van der Waals surface area contributed by atoms with E-state index in [0.29, 0.717) is 16.7 Å². The highest BCUT2D eigenvalue weighted by molar-refractivity contribution is 6.11. The minimum absolute atomic E-state index is 0.0395. The number of carbonyl (C=O) groups is 3. The fraction of sp³-hybridized carbons (Fsp3) is 0.276. The van der Waals surface area contributed by atoms with Crippen LogP contribution in [0.3, 0.4) is 0 Å². The summed E-state index contributed by atoms with van der Waals surface area (Å²) < 4.78 is 5.45. The number of ketones is 3. The normalized spacial score (nSPS) is 26.0. The second-order valence-electron chi connectivity index (χ2n) is 9.37. The molecule has 2 unspecified atom stereocenters. The van der Waals surface area contributed by atoms with Crippen LogP contribution in [0.15, 0.2) is 72.8 Å². The first-order valence-electron chi connectivity index (χ1n) is 11.7. The quantitative estimate of drug-likeness (QED) is 0.359. The van der Waals surface area contributed by atoms with E-state index < -0.39 is 47.0 Å². The SMILES string of the molecule is Cc1ccccc1C(=O)C1(O)O[C@H](C(=O)C(O)c2ccccc2C)[C@](O)(C(=O)c2ccccc2C)[C@@H]1O. The van der Waals surface area contributed by atoms with Crippen LogP contribution in [-0.2, 0) is 9.53 Å². The van der Waals surface area contributed by atoms with Gasteiger partial charge in [-0.15, -0.1) is 0 Å². The summed E-state index contributed by atoms with van der Waals surface area (Å²) in [6, 6.07) is 18.7. The lowest BCUT2D eigenvalue weighted by Gasteiger charge is -2.31. The van der Waals surface area contributed by atoms with Gasteiger partial charge < -0.3 is 25.2 Å². The smallest absolute Gasteiger partial charge is 0.262 e. The molecule has 0 bridgehead atoms. The number of rotatable bonds is 7. The maximum Gasteiger partial charge on any atom is 0.262 e. The Bertz CT molecular complexity index is 1380. The number of Topliss-reactive ketones (excluding diaryl/α,β-unsaturated/α-hetero) is 3. The molecule has 5 atom stereocenters. The van der Waals surface area contributed by atoms with Crippen LogP contribution in [-0.4, -0.2) is 61.4 Å². The zero-order valence-electron chi connectivity index (χ0n) is 20.6. The molecule has 1 aliphatic heterocycles. The van der Waals surface area contributed by atoms with Crippen molar-refractivity contribution >= 4 is 17.3 Å². The van der Waals surface area contributed by atoms with Crippen LogP contribution in [0.1, 0.15) is 49.1 Å². The van der Waals surface area contributed by atoms with E-state index in [1.54, 1.807) is 63.2 Å². The number of hydrogen-bond donors (Lipinski definition) is 4. The Morgan fingerprint density at radius 2 is 1.22 bits per heavy atom. The van der Waals surface area contributed by atoms with E-state index >= 15 is 0 Å². The number of aliphatic hydroxyl groups is 4. The second kappa shape index (κ2) is 9.74. The Morgan fingerprint density at radius 1 is 0.757 bits per heavy atom. The van der Waals surface area contributed by atoms with Gasteiger partial charge in [-0.25, -0.2) is 0 Å². The van der Waals surface area contributed by atoms with Crippen LogP contribution in [0, 0.1) is 20.8 Å². The molecular weight excluding hydrogens is 476 g/mol. The molecule has 0 aliphatic carbocycles. The van der Waals surface area contributed by atoms with Crippen molar-refractivity contribution in [2.24, 2.45) is 0 Å². The maximum absolute atomic E-state index is 13.7. The van der Waals surface area contributed by atoms with Gasteiger partial charge in [0.1, 0.15) is 6.10 Å². The highest BCUT2D eigenvalue weighted by Crippen LogP contribution is 2.43. The van der Waals surface area contributed by atoms with Crippen molar-refractivity contribution in [2.75, 3.05) is 0 Å². The van der Waals surface area contributed by atoms with Gasteiger partial charge in [-0.05, 0) is 43.0 Å². The van der Waals surface area contributed by atoms with E-state index in [1.165, 1.54) is 30.3 Å². The minimum Gasteiger partial charge on any atom is -0.383 e. The number of carbonyl (C=O) groups excluding carboxylic acids is 3. The van der Waals surface area contributed by atoms with Gasteiger partial charge in [0.15, 0.2) is 23.6 Å². The number of aryl methyl sites for hydroxylation is 3. The Morgan fingerprint density at radius 3 is 1.73 bits per heavy atom. The Hall–Kier alpha value is -3.53. The van der Waals surface area contributed by atoms with Crippen molar-refractivity contribution < 1.29 is 39.5 Å². The summed E-state index contributed by atoms with van der Waals surface area (Å²) in [6.45, 7) is 4.83. The van der Waals surface area contributed by atoms with Crippen LogP contribution < -0.4 is 0 Å². The molecule has 1 fully saturated rings. The second-order valence-corrected chi connectivity index (χ2v) is 9.37. The Balaban J connectivity index is 1.86. The van der Waals surface area contributed by atoms with E-state index in [4.69, 9.17) is 4.74 Å². The molecule has 0 radical (unpaired) electrons. The van der Waals surface area contributed by atoms with Gasteiger partial charge >= 0.3 is 0 Å². The van der Waals surface area contributed by atoms with Crippen molar-refractivity contribution in [1.82, 2.24) is 0 Å². The topological polar surface area (TPSA) is 141 Å². The molecule has 8 nitrogen and oxygen atoms in total. The van der Waals surface area contributed by atoms with Gasteiger partial charge in [-0.1, -0.05) is 72.8 Å². The zero-order valence-corrected chi connectivity index (χ0v) is 20.6. The standard InChI is InChI=1S/C29H28O8/c1-16-10-4-7-13-19(16)22(30)23(31)26-28(35,24(32)20-14-8-5-11-17(20)2)27(34)29(36,37-26)25(33)21-15-9-6-12-18(21)3/h4-15,22,26-27,30,34-36H,1-3H3/t22?,26-,27+,28-,29?/m1/s1. The summed E-state index contributed by atoms with van der Waals surface area (Å²) in [7, 11) is 0. The van der Waals surface area contributed by atoms with Gasteiger partial charge in [0.25, 0.3) is 5.79 Å². The molecule has 3 aromatic rings. The molecule has 3 aromatic carbocycles. The van der Waals surface area contributed by atoms with E-state index in [2.05, 4.69) is 0 Å². The monoisotopic (exact) mass is 504 g/mol. The third-order valence-corrected chi connectivity index (χ3v) is 6.96. The molecule has 37 heavy (non-hydrogen) atoms. The molecule has 192 valence electrons. The Kier molecular flexibility index (Phi) is 6.98. The van der Waals surface area contributed by atoms with Crippen LogP contribution >= 0.6 is 0 Å². The van der Waals surface area contributed by atoms with Gasteiger partial charge in [-0.3, -0.25) is 14.4 Å². The molecule has 4 N–H and O–H groups in total. The van der Waals surface area contributed by atoms with Gasteiger partial charge in [-0.2, -0.15) is 0 Å². The van der Waals surface area contributed by atoms with Crippen LogP contribution in [0.4, 0.5) is 0 Å². The van der Waals surface area contributed by atoms with E-state index in [1.807, 2.05) is 0 Å². The van der Waals surface area contributed by atoms with E-state index in [0.717, 1.165) is 0 Å². The number of ether oxygens (including phenoxy) is 1. The third-order valence-electron chi connectivity index (χ3n) is 6.96. The summed E-state index contributed by atoms with van der Waals surface area (Å²) in [6.07, 6.45) is -6.72. The molecule has 8 heteroatoms. The lowest BCUT2D eigenvalue weighted by atomic mass is 9.77. The lowest BCUT2D eigenvalue weighted by Crippen LogP contribution is -2.60. The van der Waals surface area contributed by atoms with Gasteiger partial charge in [0.2, 0.25) is 11.6 Å². The summed E-state index contributed by atoms with van der Waals surface area (Å²) in [5, 5.41) is 45.3. The first-order valence-corrected chi connectivity index (χ1v) is 11.7. The predicted octanol–water partition coefficient (Wildman–Crippen LogP) is 2.16. The lowest BCUT2D eigenvalue weighted by molar-refractivity contribution is -0.194. The Labute approximate surface area is 213 Å². The molecule has 0 saturated carbocycles. The average molecular weight is 505 g/mol. The van der Waals surface area contributed by atoms with Crippen LogP contribution in [0.25, 0.3) is 0 Å². The summed E-state index contributed by atoms with van der Waals surface area (Å²) in [5.41, 5.74) is -1.62. The number of aliphatic hydroxyl groups excluding tert-OH is 2. The van der Waals surface area contributed by atoms with Crippen molar-refractivity contribution in [3.05, 3.63) is 106 Å². The highest BCUT2D eigenvalue weighted by atomic mass is 16.7. The highest BCUT2D eigenvalue weighted by Gasteiger charge is 2.71.